The van der Waals surface area contributed by atoms with Gasteiger partial charge in [-0.3, -0.25) is 9.52 Å². The molecule has 0 aliphatic rings. The molecular weight excluding hydrogens is 436 g/mol. The third-order valence-electron chi connectivity index (χ3n) is 5.14. The number of nitrogens with one attached hydrogen (secondary N) is 2. The Hall–Kier alpha value is -3.32. The highest BCUT2D eigenvalue weighted by atomic mass is 32.2. The van der Waals surface area contributed by atoms with Gasteiger partial charge in [-0.15, -0.1) is 0 Å². The number of carbonyl (C=O) groups is 1. The molecule has 3 rings (SSSR count). The predicted octanol–water partition coefficient (Wildman–Crippen LogP) is 4.90. The van der Waals surface area contributed by atoms with Crippen LogP contribution in [0, 0.1) is 6.92 Å². The highest BCUT2D eigenvalue weighted by Crippen LogP contribution is 2.30. The van der Waals surface area contributed by atoms with Crippen molar-refractivity contribution in [2.45, 2.75) is 38.0 Å². The molecule has 0 bridgehead atoms. The van der Waals surface area contributed by atoms with Gasteiger partial charge in [0.2, 0.25) is 0 Å². The summed E-state index contributed by atoms with van der Waals surface area (Å²) in [5, 5.41) is 2.83. The first-order chi connectivity index (χ1) is 15.6. The van der Waals surface area contributed by atoms with Crippen LogP contribution in [0.3, 0.4) is 0 Å². The Morgan fingerprint density at radius 1 is 0.939 bits per heavy atom. The van der Waals surface area contributed by atoms with E-state index in [0.717, 1.165) is 11.3 Å². The molecule has 2 N–H and O–H groups in total. The molecule has 33 heavy (non-hydrogen) atoms. The molecule has 0 radical (unpaired) electrons. The minimum absolute atomic E-state index is 0.0504. The van der Waals surface area contributed by atoms with Gasteiger partial charge in [0.25, 0.3) is 15.9 Å². The molecule has 0 unspecified atom stereocenters. The molecule has 0 saturated heterocycles. The first-order valence-electron chi connectivity index (χ1n) is 10.8. The number of ether oxygens (including phenoxy) is 1. The van der Waals surface area contributed by atoms with E-state index in [4.69, 9.17) is 4.74 Å². The summed E-state index contributed by atoms with van der Waals surface area (Å²) in [6.45, 7) is 8.79. The number of carbonyl (C=O) groups excluding carboxylic acids is 1. The number of benzene rings is 3. The van der Waals surface area contributed by atoms with Crippen molar-refractivity contribution < 1.29 is 17.9 Å². The zero-order valence-electron chi connectivity index (χ0n) is 19.4. The van der Waals surface area contributed by atoms with Gasteiger partial charge in [-0.1, -0.05) is 63.2 Å². The van der Waals surface area contributed by atoms with Crippen LogP contribution in [0.15, 0.2) is 77.7 Å². The van der Waals surface area contributed by atoms with Crippen LogP contribution in [0.5, 0.6) is 5.75 Å². The minimum Gasteiger partial charge on any atom is -0.491 e. The maximum absolute atomic E-state index is 12.7. The lowest BCUT2D eigenvalue weighted by Crippen LogP contribution is -2.28. The van der Waals surface area contributed by atoms with Gasteiger partial charge in [0.1, 0.15) is 12.4 Å². The third-order valence-corrected chi connectivity index (χ3v) is 6.52. The Labute approximate surface area is 196 Å². The van der Waals surface area contributed by atoms with Crippen LogP contribution in [0.25, 0.3) is 0 Å². The maximum atomic E-state index is 12.7. The third kappa shape index (κ3) is 6.35. The summed E-state index contributed by atoms with van der Waals surface area (Å²) >= 11 is 0. The van der Waals surface area contributed by atoms with Gasteiger partial charge in [-0.25, -0.2) is 8.42 Å². The molecule has 0 atom stereocenters. The molecule has 3 aromatic carbocycles. The number of sulfonamides is 1. The summed E-state index contributed by atoms with van der Waals surface area (Å²) < 4.78 is 33.8. The Kier molecular flexibility index (Phi) is 7.43. The van der Waals surface area contributed by atoms with E-state index in [-0.39, 0.29) is 16.2 Å². The number of rotatable bonds is 8. The normalized spacial score (nSPS) is 11.6. The van der Waals surface area contributed by atoms with E-state index in [1.54, 1.807) is 43.3 Å². The SMILES string of the molecule is Cc1ccc(C(=O)NCCOc2ccccc2C(C)(C)C)cc1NS(=O)(=O)c1ccccc1. The van der Waals surface area contributed by atoms with Gasteiger partial charge in [0, 0.05) is 5.56 Å². The largest absolute Gasteiger partial charge is 0.491 e. The lowest BCUT2D eigenvalue weighted by Gasteiger charge is -2.22. The first kappa shape index (κ1) is 24.3. The minimum atomic E-state index is -3.75. The number of anilines is 1. The van der Waals surface area contributed by atoms with Gasteiger partial charge < -0.3 is 10.1 Å². The van der Waals surface area contributed by atoms with Crippen LogP contribution < -0.4 is 14.8 Å². The average Bonchev–Trinajstić information content (AvgIpc) is 2.78. The molecule has 1 amide bonds. The van der Waals surface area contributed by atoms with Gasteiger partial charge in [0.15, 0.2) is 0 Å². The van der Waals surface area contributed by atoms with E-state index in [1.165, 1.54) is 12.1 Å². The average molecular weight is 467 g/mol. The van der Waals surface area contributed by atoms with E-state index in [1.807, 2.05) is 24.3 Å². The maximum Gasteiger partial charge on any atom is 0.261 e. The van der Waals surface area contributed by atoms with Crippen molar-refractivity contribution >= 4 is 21.6 Å². The number of hydrogen-bond acceptors (Lipinski definition) is 4. The zero-order chi connectivity index (χ0) is 24.1. The number of para-hydroxylation sites is 1. The highest BCUT2D eigenvalue weighted by Gasteiger charge is 2.19. The van der Waals surface area contributed by atoms with E-state index < -0.39 is 10.0 Å². The number of hydrogen-bond donors (Lipinski definition) is 2. The number of aryl methyl sites for hydroxylation is 1. The van der Waals surface area contributed by atoms with E-state index in [0.29, 0.717) is 30.0 Å². The van der Waals surface area contributed by atoms with Gasteiger partial charge >= 0.3 is 0 Å². The fraction of sp³-hybridized carbons (Fsp3) is 0.269. The van der Waals surface area contributed by atoms with Crippen molar-refractivity contribution in [2.75, 3.05) is 17.9 Å². The lowest BCUT2D eigenvalue weighted by atomic mass is 9.86. The van der Waals surface area contributed by atoms with Crippen molar-refractivity contribution in [1.29, 1.82) is 0 Å². The second-order valence-electron chi connectivity index (χ2n) is 8.80. The Morgan fingerprint density at radius 2 is 1.61 bits per heavy atom. The second kappa shape index (κ2) is 10.1. The highest BCUT2D eigenvalue weighted by molar-refractivity contribution is 7.92. The second-order valence-corrected chi connectivity index (χ2v) is 10.5. The topological polar surface area (TPSA) is 84.5 Å². The van der Waals surface area contributed by atoms with Crippen molar-refractivity contribution in [3.05, 3.63) is 89.5 Å². The Bertz CT molecular complexity index is 1220. The molecule has 7 heteroatoms. The van der Waals surface area contributed by atoms with Crippen LogP contribution in [-0.2, 0) is 15.4 Å². The van der Waals surface area contributed by atoms with Crippen LogP contribution in [0.2, 0.25) is 0 Å². The molecule has 0 fully saturated rings. The van der Waals surface area contributed by atoms with Crippen molar-refractivity contribution in [2.24, 2.45) is 0 Å². The lowest BCUT2D eigenvalue weighted by molar-refractivity contribution is 0.0947. The number of amides is 1. The predicted molar refractivity (Wildman–Crippen MR) is 131 cm³/mol. The molecule has 0 aliphatic carbocycles. The van der Waals surface area contributed by atoms with Crippen molar-refractivity contribution in [3.63, 3.8) is 0 Å². The van der Waals surface area contributed by atoms with Gasteiger partial charge in [0.05, 0.1) is 17.1 Å². The standard InChI is InChI=1S/C26H30N2O4S/c1-19-14-15-20(18-23(19)28-33(30,31)21-10-6-5-7-11-21)25(29)27-16-17-32-24-13-9-8-12-22(24)26(2,3)4/h5-15,18,28H,16-17H2,1-4H3,(H,27,29). The summed E-state index contributed by atoms with van der Waals surface area (Å²) in [6.07, 6.45) is 0. The zero-order valence-corrected chi connectivity index (χ0v) is 20.2. The summed E-state index contributed by atoms with van der Waals surface area (Å²) in [6, 6.07) is 20.9. The quantitative estimate of drug-likeness (QED) is 0.463. The van der Waals surface area contributed by atoms with E-state index >= 15 is 0 Å². The van der Waals surface area contributed by atoms with Crippen LogP contribution >= 0.6 is 0 Å². The summed E-state index contributed by atoms with van der Waals surface area (Å²) in [5.74, 6) is 0.495. The molecule has 0 heterocycles. The molecule has 0 aromatic heterocycles. The van der Waals surface area contributed by atoms with Crippen molar-refractivity contribution in [1.82, 2.24) is 5.32 Å². The molecule has 174 valence electrons. The van der Waals surface area contributed by atoms with Crippen LogP contribution in [0.1, 0.15) is 42.3 Å². The van der Waals surface area contributed by atoms with E-state index in [9.17, 15) is 13.2 Å². The smallest absolute Gasteiger partial charge is 0.261 e. The summed E-state index contributed by atoms with van der Waals surface area (Å²) in [5.41, 5.74) is 2.49. The summed E-state index contributed by atoms with van der Waals surface area (Å²) in [7, 11) is -3.75. The molecule has 0 saturated carbocycles. The van der Waals surface area contributed by atoms with Crippen molar-refractivity contribution in [3.8, 4) is 5.75 Å². The molecular formula is C26H30N2O4S. The van der Waals surface area contributed by atoms with Gasteiger partial charge in [-0.05, 0) is 53.8 Å². The van der Waals surface area contributed by atoms with Crippen LogP contribution in [0.4, 0.5) is 5.69 Å². The van der Waals surface area contributed by atoms with Gasteiger partial charge in [-0.2, -0.15) is 0 Å². The summed E-state index contributed by atoms with van der Waals surface area (Å²) in [4.78, 5) is 12.8. The van der Waals surface area contributed by atoms with E-state index in [2.05, 4.69) is 30.8 Å². The molecule has 0 spiro atoms. The Balaban J connectivity index is 1.63. The fourth-order valence-corrected chi connectivity index (χ4v) is 4.46. The fourth-order valence-electron chi connectivity index (χ4n) is 3.32. The molecule has 0 aliphatic heterocycles. The van der Waals surface area contributed by atoms with Crippen LogP contribution in [-0.4, -0.2) is 27.5 Å². The molecule has 3 aromatic rings. The molecule has 6 nitrogen and oxygen atoms in total. The first-order valence-corrected chi connectivity index (χ1v) is 12.3. The monoisotopic (exact) mass is 466 g/mol. The Morgan fingerprint density at radius 3 is 2.30 bits per heavy atom.